The first kappa shape index (κ1) is 17.8. The monoisotopic (exact) mass is 332 g/mol. The van der Waals surface area contributed by atoms with Gasteiger partial charge in [-0.2, -0.15) is 0 Å². The van der Waals surface area contributed by atoms with E-state index in [0.717, 1.165) is 50.7 Å². The first-order valence-electron chi connectivity index (χ1n) is 9.30. The fourth-order valence-corrected chi connectivity index (χ4v) is 4.11. The van der Waals surface area contributed by atoms with Crippen LogP contribution in [0.1, 0.15) is 17.8 Å². The highest BCUT2D eigenvalue weighted by Crippen LogP contribution is 2.25. The molecule has 1 N–H and O–H groups in total. The van der Waals surface area contributed by atoms with Gasteiger partial charge < -0.3 is 14.9 Å². The lowest BCUT2D eigenvalue weighted by Crippen LogP contribution is -2.36. The molecule has 0 aliphatic carbocycles. The molecule has 0 aromatic carbocycles. The highest BCUT2D eigenvalue weighted by molar-refractivity contribution is 5.10. The molecule has 0 radical (unpaired) electrons. The van der Waals surface area contributed by atoms with Crippen LogP contribution in [0.5, 0.6) is 0 Å². The summed E-state index contributed by atoms with van der Waals surface area (Å²) in [6, 6.07) is 6.24. The van der Waals surface area contributed by atoms with E-state index in [2.05, 4.69) is 38.9 Å². The number of hydrogen-bond acceptors (Lipinski definition) is 5. The first-order chi connectivity index (χ1) is 11.6. The van der Waals surface area contributed by atoms with Crippen molar-refractivity contribution in [2.24, 2.45) is 11.8 Å². The van der Waals surface area contributed by atoms with Crippen molar-refractivity contribution >= 4 is 0 Å². The van der Waals surface area contributed by atoms with Gasteiger partial charge in [-0.1, -0.05) is 6.07 Å². The van der Waals surface area contributed by atoms with Crippen LogP contribution in [0, 0.1) is 18.8 Å². The zero-order chi connectivity index (χ0) is 16.9. The van der Waals surface area contributed by atoms with Crippen LogP contribution in [0.25, 0.3) is 0 Å². The van der Waals surface area contributed by atoms with Crippen LogP contribution in [0.15, 0.2) is 18.2 Å². The highest BCUT2D eigenvalue weighted by atomic mass is 16.3. The second kappa shape index (κ2) is 8.39. The molecule has 2 aliphatic rings. The second-order valence-corrected chi connectivity index (χ2v) is 7.62. The van der Waals surface area contributed by atoms with Crippen molar-refractivity contribution in [3.05, 3.63) is 29.6 Å². The van der Waals surface area contributed by atoms with Crippen molar-refractivity contribution in [2.75, 3.05) is 59.5 Å². The molecule has 2 aliphatic heterocycles. The standard InChI is InChI=1S/C19H32N4O/c1-16-5-3-6-19(20-16)14-23-12-17(18(13-23)15-24)11-22-8-4-7-21(2)9-10-22/h3,5-6,17-18,24H,4,7-15H2,1-2H3/t17-,18-/m1/s1. The molecule has 134 valence electrons. The van der Waals surface area contributed by atoms with E-state index < -0.39 is 0 Å². The van der Waals surface area contributed by atoms with E-state index in [1.165, 1.54) is 19.5 Å². The van der Waals surface area contributed by atoms with E-state index in [1.807, 2.05) is 13.0 Å². The van der Waals surface area contributed by atoms with E-state index in [-0.39, 0.29) is 0 Å². The van der Waals surface area contributed by atoms with Crippen LogP contribution < -0.4 is 0 Å². The van der Waals surface area contributed by atoms with Gasteiger partial charge in [0.05, 0.1) is 5.69 Å². The molecule has 1 aromatic rings. The SMILES string of the molecule is Cc1cccc(CN2C[C@@H](CN3CCCN(C)CC3)[C@@H](CO)C2)n1. The average Bonchev–Trinajstić information content (AvgIpc) is 2.81. The van der Waals surface area contributed by atoms with Gasteiger partial charge in [-0.25, -0.2) is 0 Å². The molecule has 0 unspecified atom stereocenters. The molecule has 24 heavy (non-hydrogen) atoms. The van der Waals surface area contributed by atoms with Gasteiger partial charge in [-0.15, -0.1) is 0 Å². The number of aryl methyl sites for hydroxylation is 1. The number of aliphatic hydroxyl groups is 1. The zero-order valence-corrected chi connectivity index (χ0v) is 15.2. The molecule has 0 bridgehead atoms. The van der Waals surface area contributed by atoms with Crippen molar-refractivity contribution in [3.63, 3.8) is 0 Å². The molecule has 2 atom stereocenters. The maximum absolute atomic E-state index is 9.82. The molecular formula is C19H32N4O. The van der Waals surface area contributed by atoms with Gasteiger partial charge >= 0.3 is 0 Å². The van der Waals surface area contributed by atoms with Crippen molar-refractivity contribution in [1.82, 2.24) is 19.7 Å². The minimum absolute atomic E-state index is 0.302. The molecule has 5 heteroatoms. The number of pyridine rings is 1. The maximum atomic E-state index is 9.82. The largest absolute Gasteiger partial charge is 0.396 e. The van der Waals surface area contributed by atoms with Crippen molar-refractivity contribution in [3.8, 4) is 0 Å². The normalized spacial score (nSPS) is 27.5. The maximum Gasteiger partial charge on any atom is 0.0547 e. The molecule has 0 amide bonds. The Morgan fingerprint density at radius 2 is 1.92 bits per heavy atom. The van der Waals surface area contributed by atoms with E-state index >= 15 is 0 Å². The summed E-state index contributed by atoms with van der Waals surface area (Å²) in [4.78, 5) is 12.1. The van der Waals surface area contributed by atoms with Crippen LogP contribution in [0.2, 0.25) is 0 Å². The molecule has 3 heterocycles. The Hall–Kier alpha value is -1.01. The van der Waals surface area contributed by atoms with Gasteiger partial charge in [-0.05, 0) is 57.5 Å². The fourth-order valence-electron chi connectivity index (χ4n) is 4.11. The fraction of sp³-hybridized carbons (Fsp3) is 0.737. The summed E-state index contributed by atoms with van der Waals surface area (Å²) in [5.74, 6) is 0.971. The first-order valence-corrected chi connectivity index (χ1v) is 9.30. The summed E-state index contributed by atoms with van der Waals surface area (Å²) in [5, 5.41) is 9.82. The van der Waals surface area contributed by atoms with Gasteiger partial charge in [-0.3, -0.25) is 9.88 Å². The number of aliphatic hydroxyl groups excluding tert-OH is 1. The third-order valence-electron chi connectivity index (χ3n) is 5.52. The summed E-state index contributed by atoms with van der Waals surface area (Å²) in [7, 11) is 2.21. The molecule has 1 aromatic heterocycles. The Kier molecular flexibility index (Phi) is 6.22. The third-order valence-corrected chi connectivity index (χ3v) is 5.52. The predicted octanol–water partition coefficient (Wildman–Crippen LogP) is 1.07. The summed E-state index contributed by atoms with van der Waals surface area (Å²) in [6.07, 6.45) is 1.25. The Bertz CT molecular complexity index is 524. The lowest BCUT2D eigenvalue weighted by molar-refractivity contribution is 0.165. The highest BCUT2D eigenvalue weighted by Gasteiger charge is 2.33. The van der Waals surface area contributed by atoms with Crippen LogP contribution in [-0.4, -0.2) is 84.3 Å². The average molecular weight is 332 g/mol. The van der Waals surface area contributed by atoms with Crippen LogP contribution in [-0.2, 0) is 6.54 Å². The summed E-state index contributed by atoms with van der Waals surface area (Å²) in [6.45, 7) is 11.2. The summed E-state index contributed by atoms with van der Waals surface area (Å²) in [5.41, 5.74) is 2.22. The summed E-state index contributed by atoms with van der Waals surface area (Å²) >= 11 is 0. The van der Waals surface area contributed by atoms with E-state index in [4.69, 9.17) is 0 Å². The van der Waals surface area contributed by atoms with E-state index in [0.29, 0.717) is 18.4 Å². The van der Waals surface area contributed by atoms with Crippen LogP contribution in [0.4, 0.5) is 0 Å². The number of likely N-dealkylation sites (N-methyl/N-ethyl adjacent to an activating group) is 1. The number of hydrogen-bond donors (Lipinski definition) is 1. The quantitative estimate of drug-likeness (QED) is 0.874. The smallest absolute Gasteiger partial charge is 0.0547 e. The number of aromatic nitrogens is 1. The van der Waals surface area contributed by atoms with Gasteiger partial charge in [0, 0.05) is 51.6 Å². The lowest BCUT2D eigenvalue weighted by atomic mass is 9.96. The molecule has 2 saturated heterocycles. The predicted molar refractivity (Wildman–Crippen MR) is 96.9 cm³/mol. The Morgan fingerprint density at radius 3 is 2.71 bits per heavy atom. The van der Waals surface area contributed by atoms with E-state index in [1.54, 1.807) is 0 Å². The van der Waals surface area contributed by atoms with Gasteiger partial charge in [0.2, 0.25) is 0 Å². The van der Waals surface area contributed by atoms with Gasteiger partial charge in [0.25, 0.3) is 0 Å². The molecule has 2 fully saturated rings. The third kappa shape index (κ3) is 4.76. The molecule has 3 rings (SSSR count). The van der Waals surface area contributed by atoms with Crippen molar-refractivity contribution < 1.29 is 5.11 Å². The number of nitrogens with zero attached hydrogens (tertiary/aromatic N) is 4. The molecule has 5 nitrogen and oxygen atoms in total. The molecular weight excluding hydrogens is 300 g/mol. The Morgan fingerprint density at radius 1 is 1.08 bits per heavy atom. The second-order valence-electron chi connectivity index (χ2n) is 7.62. The summed E-state index contributed by atoms with van der Waals surface area (Å²) < 4.78 is 0. The van der Waals surface area contributed by atoms with Crippen LogP contribution in [0.3, 0.4) is 0 Å². The number of likely N-dealkylation sites (tertiary alicyclic amines) is 1. The van der Waals surface area contributed by atoms with Crippen molar-refractivity contribution in [2.45, 2.75) is 19.9 Å². The lowest BCUT2D eigenvalue weighted by Gasteiger charge is -2.26. The minimum Gasteiger partial charge on any atom is -0.396 e. The van der Waals surface area contributed by atoms with E-state index in [9.17, 15) is 5.11 Å². The van der Waals surface area contributed by atoms with Gasteiger partial charge in [0.15, 0.2) is 0 Å². The topological polar surface area (TPSA) is 42.8 Å². The van der Waals surface area contributed by atoms with Crippen molar-refractivity contribution in [1.29, 1.82) is 0 Å². The molecule has 0 saturated carbocycles. The Labute approximate surface area is 146 Å². The number of rotatable bonds is 5. The van der Waals surface area contributed by atoms with Gasteiger partial charge in [0.1, 0.15) is 0 Å². The van der Waals surface area contributed by atoms with Crippen LogP contribution >= 0.6 is 0 Å². The minimum atomic E-state index is 0.302. The zero-order valence-electron chi connectivity index (χ0n) is 15.2. The molecule has 0 spiro atoms. The Balaban J connectivity index is 1.55.